The van der Waals surface area contributed by atoms with Crippen molar-refractivity contribution in [3.63, 3.8) is 0 Å². The Bertz CT molecular complexity index is 959. The molecule has 2 aromatic carbocycles. The van der Waals surface area contributed by atoms with Crippen LogP contribution in [-0.2, 0) is 22.1 Å². The van der Waals surface area contributed by atoms with Crippen molar-refractivity contribution in [2.24, 2.45) is 4.99 Å². The number of anilines is 1. The van der Waals surface area contributed by atoms with Crippen molar-refractivity contribution in [2.45, 2.75) is 12.3 Å². The van der Waals surface area contributed by atoms with Crippen LogP contribution >= 0.6 is 24.0 Å². The van der Waals surface area contributed by atoms with E-state index in [0.29, 0.717) is 12.2 Å². The number of aliphatic imine (C=N–C) groups is 1. The molecule has 0 radical (unpaired) electrons. The van der Waals surface area contributed by atoms with Crippen LogP contribution in [0.3, 0.4) is 0 Å². The van der Waals surface area contributed by atoms with Gasteiger partial charge in [0.05, 0.1) is 11.4 Å². The molecular formula is C21H28FIN4O2S. The van der Waals surface area contributed by atoms with Crippen LogP contribution in [0.2, 0.25) is 0 Å². The molecule has 0 spiro atoms. The summed E-state index contributed by atoms with van der Waals surface area (Å²) < 4.78 is 36.8. The van der Waals surface area contributed by atoms with E-state index in [1.807, 2.05) is 36.4 Å². The second kappa shape index (κ2) is 10.9. The van der Waals surface area contributed by atoms with Gasteiger partial charge < -0.3 is 15.1 Å². The van der Waals surface area contributed by atoms with Crippen molar-refractivity contribution in [2.75, 3.05) is 44.4 Å². The van der Waals surface area contributed by atoms with Crippen molar-refractivity contribution < 1.29 is 12.8 Å². The minimum Gasteiger partial charge on any atom is -0.366 e. The SMILES string of the molecule is CN=C(NCc1ccc(CS(C)(=O)=O)cc1)N1CCN(c2ccccc2F)CC1.I. The summed E-state index contributed by atoms with van der Waals surface area (Å²) in [5, 5.41) is 3.35. The summed E-state index contributed by atoms with van der Waals surface area (Å²) in [5.74, 6) is 0.662. The molecule has 0 unspecified atom stereocenters. The monoisotopic (exact) mass is 546 g/mol. The summed E-state index contributed by atoms with van der Waals surface area (Å²) in [6.07, 6.45) is 1.23. The van der Waals surface area contributed by atoms with E-state index in [2.05, 4.69) is 20.1 Å². The fourth-order valence-corrected chi connectivity index (χ4v) is 4.23. The molecule has 1 fully saturated rings. The number of nitrogens with one attached hydrogen (secondary N) is 1. The Balaban J connectivity index is 0.00000320. The van der Waals surface area contributed by atoms with Crippen molar-refractivity contribution >= 4 is 45.5 Å². The van der Waals surface area contributed by atoms with E-state index in [4.69, 9.17) is 0 Å². The number of nitrogens with zero attached hydrogens (tertiary/aromatic N) is 3. The second-order valence-corrected chi connectivity index (χ2v) is 9.35. The predicted molar refractivity (Wildman–Crippen MR) is 131 cm³/mol. The summed E-state index contributed by atoms with van der Waals surface area (Å²) in [6, 6.07) is 14.4. The molecule has 0 aliphatic carbocycles. The Labute approximate surface area is 195 Å². The summed E-state index contributed by atoms with van der Waals surface area (Å²) in [4.78, 5) is 8.58. The lowest BCUT2D eigenvalue weighted by molar-refractivity contribution is 0.370. The molecule has 0 amide bonds. The molecule has 1 N–H and O–H groups in total. The summed E-state index contributed by atoms with van der Waals surface area (Å²) in [5.41, 5.74) is 2.47. The van der Waals surface area contributed by atoms with Gasteiger partial charge in [-0.25, -0.2) is 12.8 Å². The van der Waals surface area contributed by atoms with Crippen LogP contribution in [0.25, 0.3) is 0 Å². The van der Waals surface area contributed by atoms with Gasteiger partial charge in [-0.2, -0.15) is 0 Å². The lowest BCUT2D eigenvalue weighted by Crippen LogP contribution is -2.52. The zero-order valence-electron chi connectivity index (χ0n) is 17.2. The zero-order chi connectivity index (χ0) is 20.9. The molecule has 30 heavy (non-hydrogen) atoms. The van der Waals surface area contributed by atoms with Gasteiger partial charge in [-0.3, -0.25) is 4.99 Å². The number of hydrogen-bond donors (Lipinski definition) is 1. The molecule has 0 saturated carbocycles. The third kappa shape index (κ3) is 6.83. The fourth-order valence-electron chi connectivity index (χ4n) is 3.44. The van der Waals surface area contributed by atoms with Crippen LogP contribution in [0.4, 0.5) is 10.1 Å². The maximum atomic E-state index is 14.0. The van der Waals surface area contributed by atoms with Crippen LogP contribution < -0.4 is 10.2 Å². The second-order valence-electron chi connectivity index (χ2n) is 7.21. The molecule has 1 saturated heterocycles. The van der Waals surface area contributed by atoms with Crippen LogP contribution in [0.5, 0.6) is 0 Å². The quantitative estimate of drug-likeness (QED) is 0.355. The van der Waals surface area contributed by atoms with E-state index < -0.39 is 9.84 Å². The van der Waals surface area contributed by atoms with Gasteiger partial charge in [0.2, 0.25) is 0 Å². The third-order valence-electron chi connectivity index (χ3n) is 4.89. The van der Waals surface area contributed by atoms with E-state index in [-0.39, 0.29) is 35.5 Å². The average Bonchev–Trinajstić information content (AvgIpc) is 2.69. The van der Waals surface area contributed by atoms with Crippen LogP contribution in [-0.4, -0.2) is 58.8 Å². The number of guanidine groups is 1. The highest BCUT2D eigenvalue weighted by molar-refractivity contribution is 14.0. The Kier molecular flexibility index (Phi) is 8.90. The number of sulfone groups is 1. The van der Waals surface area contributed by atoms with Crippen LogP contribution in [0.1, 0.15) is 11.1 Å². The topological polar surface area (TPSA) is 65.0 Å². The normalized spacial score (nSPS) is 15.0. The Morgan fingerprint density at radius 1 is 1.03 bits per heavy atom. The highest BCUT2D eigenvalue weighted by Gasteiger charge is 2.21. The summed E-state index contributed by atoms with van der Waals surface area (Å²) >= 11 is 0. The van der Waals surface area contributed by atoms with E-state index in [1.54, 1.807) is 13.1 Å². The summed E-state index contributed by atoms with van der Waals surface area (Å²) in [7, 11) is -1.28. The number of rotatable bonds is 5. The van der Waals surface area contributed by atoms with Crippen molar-refractivity contribution in [3.05, 3.63) is 65.5 Å². The zero-order valence-corrected chi connectivity index (χ0v) is 20.4. The lowest BCUT2D eigenvalue weighted by Gasteiger charge is -2.37. The minimum absolute atomic E-state index is 0. The van der Waals surface area contributed by atoms with Gasteiger partial charge in [-0.15, -0.1) is 24.0 Å². The van der Waals surface area contributed by atoms with E-state index in [9.17, 15) is 12.8 Å². The molecule has 0 aromatic heterocycles. The number of halogens is 2. The molecule has 0 atom stereocenters. The highest BCUT2D eigenvalue weighted by Crippen LogP contribution is 2.20. The first kappa shape index (κ1) is 24.4. The fraction of sp³-hybridized carbons (Fsp3) is 0.381. The van der Waals surface area contributed by atoms with Gasteiger partial charge in [0, 0.05) is 46.0 Å². The number of piperazine rings is 1. The predicted octanol–water partition coefficient (Wildman–Crippen LogP) is 2.89. The number of para-hydroxylation sites is 1. The molecule has 1 aliphatic heterocycles. The molecule has 2 aromatic rings. The van der Waals surface area contributed by atoms with Crippen molar-refractivity contribution in [1.82, 2.24) is 10.2 Å². The third-order valence-corrected chi connectivity index (χ3v) is 5.74. The standard InChI is InChI=1S/C21H27FN4O2S.HI/c1-23-21(24-15-17-7-9-18(10-8-17)16-29(2,27)28)26-13-11-25(12-14-26)20-6-4-3-5-19(20)22;/h3-10H,11-16H2,1-2H3,(H,23,24);1H. The molecular weight excluding hydrogens is 518 g/mol. The summed E-state index contributed by atoms with van der Waals surface area (Å²) in [6.45, 7) is 3.55. The van der Waals surface area contributed by atoms with Gasteiger partial charge in [-0.05, 0) is 23.3 Å². The van der Waals surface area contributed by atoms with Gasteiger partial charge in [0.25, 0.3) is 0 Å². The molecule has 1 aliphatic rings. The maximum absolute atomic E-state index is 14.0. The maximum Gasteiger partial charge on any atom is 0.194 e. The smallest absolute Gasteiger partial charge is 0.194 e. The molecule has 164 valence electrons. The first-order valence-corrected chi connectivity index (χ1v) is 11.6. The highest BCUT2D eigenvalue weighted by atomic mass is 127. The lowest BCUT2D eigenvalue weighted by atomic mass is 10.1. The molecule has 9 heteroatoms. The Morgan fingerprint density at radius 3 is 2.20 bits per heavy atom. The van der Waals surface area contributed by atoms with Gasteiger partial charge >= 0.3 is 0 Å². The average molecular weight is 546 g/mol. The van der Waals surface area contributed by atoms with Crippen LogP contribution in [0.15, 0.2) is 53.5 Å². The first-order chi connectivity index (χ1) is 13.9. The molecule has 3 rings (SSSR count). The van der Waals surface area contributed by atoms with Crippen LogP contribution in [0, 0.1) is 5.82 Å². The Morgan fingerprint density at radius 2 is 1.63 bits per heavy atom. The molecule has 1 heterocycles. The largest absolute Gasteiger partial charge is 0.366 e. The minimum atomic E-state index is -3.03. The van der Waals surface area contributed by atoms with E-state index in [1.165, 1.54) is 12.3 Å². The van der Waals surface area contributed by atoms with E-state index in [0.717, 1.165) is 43.3 Å². The molecule has 6 nitrogen and oxygen atoms in total. The van der Waals surface area contributed by atoms with E-state index >= 15 is 0 Å². The number of hydrogen-bond acceptors (Lipinski definition) is 4. The first-order valence-electron chi connectivity index (χ1n) is 9.56. The number of benzene rings is 2. The molecule has 0 bridgehead atoms. The van der Waals surface area contributed by atoms with Crippen molar-refractivity contribution in [3.8, 4) is 0 Å². The van der Waals surface area contributed by atoms with Crippen molar-refractivity contribution in [1.29, 1.82) is 0 Å². The van der Waals surface area contributed by atoms with Gasteiger partial charge in [0.1, 0.15) is 5.82 Å². The van der Waals surface area contributed by atoms with Gasteiger partial charge in [-0.1, -0.05) is 36.4 Å². The van der Waals surface area contributed by atoms with Gasteiger partial charge in [0.15, 0.2) is 15.8 Å². The Hall–Kier alpha value is -1.88.